The van der Waals surface area contributed by atoms with Crippen LogP contribution < -0.4 is 23.8 Å². The summed E-state index contributed by atoms with van der Waals surface area (Å²) < 4.78 is 22.2. The highest BCUT2D eigenvalue weighted by atomic mass is 16.5. The third-order valence-electron chi connectivity index (χ3n) is 4.27. The molecule has 5 nitrogen and oxygen atoms in total. The van der Waals surface area contributed by atoms with Gasteiger partial charge in [0.2, 0.25) is 5.75 Å². The van der Waals surface area contributed by atoms with Gasteiger partial charge in [-0.25, -0.2) is 0 Å². The van der Waals surface area contributed by atoms with E-state index < -0.39 is 0 Å². The zero-order chi connectivity index (χ0) is 18.0. The molecule has 0 saturated carbocycles. The van der Waals surface area contributed by atoms with E-state index in [0.29, 0.717) is 23.9 Å². The summed E-state index contributed by atoms with van der Waals surface area (Å²) in [6.45, 7) is 0.524. The predicted molar refractivity (Wildman–Crippen MR) is 99.4 cm³/mol. The lowest BCUT2D eigenvalue weighted by atomic mass is 9.94. The Morgan fingerprint density at radius 3 is 2.16 bits per heavy atom. The zero-order valence-electron chi connectivity index (χ0n) is 15.3. The van der Waals surface area contributed by atoms with Gasteiger partial charge in [-0.3, -0.25) is 0 Å². The predicted octanol–water partition coefficient (Wildman–Crippen LogP) is 3.60. The standard InChI is InChI=1S/C20H23NO4/c1-21(2)14-6-7-16-15(8-9-25-17(16)12-14)13-10-18(22-3)20(24-5)19(11-13)23-4/h6-8,10-12H,9H2,1-5H3. The van der Waals surface area contributed by atoms with Gasteiger partial charge in [-0.15, -0.1) is 0 Å². The molecule has 0 bridgehead atoms. The first-order valence-corrected chi connectivity index (χ1v) is 8.04. The molecule has 0 unspecified atom stereocenters. The molecule has 3 rings (SSSR count). The normalized spacial score (nSPS) is 12.6. The van der Waals surface area contributed by atoms with E-state index in [1.807, 2.05) is 26.2 Å². The van der Waals surface area contributed by atoms with Crippen LogP contribution in [0.15, 0.2) is 36.4 Å². The molecular formula is C20H23NO4. The van der Waals surface area contributed by atoms with Gasteiger partial charge in [0.1, 0.15) is 12.4 Å². The SMILES string of the molecule is COc1cc(C2=CCOc3cc(N(C)C)ccc32)cc(OC)c1OC. The fraction of sp³-hybridized carbons (Fsp3) is 0.300. The van der Waals surface area contributed by atoms with Gasteiger partial charge in [0.15, 0.2) is 11.5 Å². The van der Waals surface area contributed by atoms with E-state index in [2.05, 4.69) is 29.2 Å². The smallest absolute Gasteiger partial charge is 0.203 e. The average Bonchev–Trinajstić information content (AvgIpc) is 2.65. The molecule has 25 heavy (non-hydrogen) atoms. The van der Waals surface area contributed by atoms with Crippen molar-refractivity contribution in [2.24, 2.45) is 0 Å². The monoisotopic (exact) mass is 341 g/mol. The van der Waals surface area contributed by atoms with Crippen LogP contribution in [0.2, 0.25) is 0 Å². The Bertz CT molecular complexity index is 786. The van der Waals surface area contributed by atoms with Crippen LogP contribution in [0.3, 0.4) is 0 Å². The molecule has 5 heteroatoms. The first-order chi connectivity index (χ1) is 12.1. The Hall–Kier alpha value is -2.82. The maximum atomic E-state index is 5.83. The van der Waals surface area contributed by atoms with Crippen LogP contribution in [-0.2, 0) is 0 Å². The Morgan fingerprint density at radius 1 is 0.920 bits per heavy atom. The number of fused-ring (bicyclic) bond motifs is 1. The van der Waals surface area contributed by atoms with Crippen molar-refractivity contribution in [3.05, 3.63) is 47.5 Å². The summed E-state index contributed by atoms with van der Waals surface area (Å²) in [4.78, 5) is 2.06. The van der Waals surface area contributed by atoms with Crippen LogP contribution >= 0.6 is 0 Å². The molecule has 132 valence electrons. The van der Waals surface area contributed by atoms with E-state index in [1.165, 1.54) is 0 Å². The molecular weight excluding hydrogens is 318 g/mol. The average molecular weight is 341 g/mol. The fourth-order valence-electron chi connectivity index (χ4n) is 2.97. The molecule has 2 aromatic carbocycles. The van der Waals surface area contributed by atoms with Gasteiger partial charge in [0.25, 0.3) is 0 Å². The molecule has 0 atom stereocenters. The first-order valence-electron chi connectivity index (χ1n) is 8.04. The van der Waals surface area contributed by atoms with Crippen LogP contribution in [0.4, 0.5) is 5.69 Å². The van der Waals surface area contributed by atoms with Gasteiger partial charge in [-0.1, -0.05) is 0 Å². The number of rotatable bonds is 5. The number of hydrogen-bond acceptors (Lipinski definition) is 5. The summed E-state index contributed by atoms with van der Waals surface area (Å²) in [6, 6.07) is 10.1. The molecule has 0 amide bonds. The van der Waals surface area contributed by atoms with Crippen LogP contribution in [0.1, 0.15) is 11.1 Å². The van der Waals surface area contributed by atoms with Gasteiger partial charge in [-0.05, 0) is 41.5 Å². The van der Waals surface area contributed by atoms with Crippen molar-refractivity contribution in [3.8, 4) is 23.0 Å². The summed E-state index contributed by atoms with van der Waals surface area (Å²) in [5.74, 6) is 2.73. The lowest BCUT2D eigenvalue weighted by Crippen LogP contribution is -2.11. The lowest BCUT2D eigenvalue weighted by Gasteiger charge is -2.23. The fourth-order valence-corrected chi connectivity index (χ4v) is 2.97. The molecule has 1 heterocycles. The topological polar surface area (TPSA) is 40.2 Å². The zero-order valence-corrected chi connectivity index (χ0v) is 15.3. The minimum atomic E-state index is 0.524. The molecule has 1 aliphatic heterocycles. The third-order valence-corrected chi connectivity index (χ3v) is 4.27. The summed E-state index contributed by atoms with van der Waals surface area (Å²) >= 11 is 0. The van der Waals surface area contributed by atoms with E-state index >= 15 is 0 Å². The molecule has 0 aliphatic carbocycles. The number of hydrogen-bond donors (Lipinski definition) is 0. The van der Waals surface area contributed by atoms with Crippen LogP contribution in [-0.4, -0.2) is 42.0 Å². The van der Waals surface area contributed by atoms with Gasteiger partial charge >= 0.3 is 0 Å². The van der Waals surface area contributed by atoms with E-state index in [1.54, 1.807) is 21.3 Å². The molecule has 0 N–H and O–H groups in total. The van der Waals surface area contributed by atoms with Gasteiger partial charge in [-0.2, -0.15) is 0 Å². The second-order valence-electron chi connectivity index (χ2n) is 5.92. The highest BCUT2D eigenvalue weighted by Crippen LogP contribution is 2.43. The van der Waals surface area contributed by atoms with Crippen molar-refractivity contribution in [2.75, 3.05) is 46.9 Å². The summed E-state index contributed by atoms with van der Waals surface area (Å²) in [5.41, 5.74) is 4.23. The number of anilines is 1. The van der Waals surface area contributed by atoms with E-state index in [9.17, 15) is 0 Å². The Balaban J connectivity index is 2.11. The number of benzene rings is 2. The minimum Gasteiger partial charge on any atom is -0.493 e. The number of nitrogens with zero attached hydrogens (tertiary/aromatic N) is 1. The molecule has 1 aliphatic rings. The van der Waals surface area contributed by atoms with Crippen LogP contribution in [0.5, 0.6) is 23.0 Å². The summed E-state index contributed by atoms with van der Waals surface area (Å²) in [7, 11) is 8.88. The maximum Gasteiger partial charge on any atom is 0.203 e. The highest BCUT2D eigenvalue weighted by Gasteiger charge is 2.20. The maximum absolute atomic E-state index is 5.83. The van der Waals surface area contributed by atoms with E-state index in [4.69, 9.17) is 18.9 Å². The van der Waals surface area contributed by atoms with Crippen molar-refractivity contribution in [2.45, 2.75) is 0 Å². The molecule has 0 fully saturated rings. The van der Waals surface area contributed by atoms with E-state index in [0.717, 1.165) is 28.1 Å². The Morgan fingerprint density at radius 2 is 1.60 bits per heavy atom. The quantitative estimate of drug-likeness (QED) is 0.831. The minimum absolute atomic E-state index is 0.524. The highest BCUT2D eigenvalue weighted by molar-refractivity contribution is 5.86. The first kappa shape index (κ1) is 17.0. The van der Waals surface area contributed by atoms with E-state index in [-0.39, 0.29) is 0 Å². The summed E-state index contributed by atoms with van der Waals surface area (Å²) in [6.07, 6.45) is 2.07. The van der Waals surface area contributed by atoms with Crippen molar-refractivity contribution in [1.29, 1.82) is 0 Å². The van der Waals surface area contributed by atoms with Crippen molar-refractivity contribution in [3.63, 3.8) is 0 Å². The van der Waals surface area contributed by atoms with Gasteiger partial charge in [0, 0.05) is 31.4 Å². The second kappa shape index (κ2) is 6.97. The Kier molecular flexibility index (Phi) is 4.74. The Labute approximate surface area is 148 Å². The molecule has 0 saturated heterocycles. The van der Waals surface area contributed by atoms with Crippen molar-refractivity contribution < 1.29 is 18.9 Å². The number of ether oxygens (including phenoxy) is 4. The second-order valence-corrected chi connectivity index (χ2v) is 5.92. The molecule has 2 aromatic rings. The van der Waals surface area contributed by atoms with Crippen molar-refractivity contribution >= 4 is 11.3 Å². The lowest BCUT2D eigenvalue weighted by molar-refractivity contribution is 0.324. The van der Waals surface area contributed by atoms with Gasteiger partial charge < -0.3 is 23.8 Å². The largest absolute Gasteiger partial charge is 0.493 e. The summed E-state index contributed by atoms with van der Waals surface area (Å²) in [5, 5.41) is 0. The molecule has 0 radical (unpaired) electrons. The third kappa shape index (κ3) is 3.09. The number of methoxy groups -OCH3 is 3. The molecule has 0 aromatic heterocycles. The van der Waals surface area contributed by atoms with Crippen molar-refractivity contribution in [1.82, 2.24) is 0 Å². The van der Waals surface area contributed by atoms with Gasteiger partial charge in [0.05, 0.1) is 21.3 Å². The van der Waals surface area contributed by atoms with Crippen LogP contribution in [0.25, 0.3) is 5.57 Å². The van der Waals surface area contributed by atoms with Crippen LogP contribution in [0, 0.1) is 0 Å². The molecule has 0 spiro atoms.